The van der Waals surface area contributed by atoms with Crippen molar-refractivity contribution in [2.45, 2.75) is 24.8 Å². The number of hydrogen-bond acceptors (Lipinski definition) is 6. The highest BCUT2D eigenvalue weighted by molar-refractivity contribution is 9.10. The van der Waals surface area contributed by atoms with E-state index in [0.717, 1.165) is 15.8 Å². The van der Waals surface area contributed by atoms with Crippen molar-refractivity contribution < 1.29 is 17.7 Å². The van der Waals surface area contributed by atoms with Crippen molar-refractivity contribution in [3.63, 3.8) is 0 Å². The lowest BCUT2D eigenvalue weighted by Gasteiger charge is -2.16. The maximum atomic E-state index is 12.6. The van der Waals surface area contributed by atoms with Crippen molar-refractivity contribution in [1.29, 1.82) is 0 Å². The number of halogens is 1. The van der Waals surface area contributed by atoms with Crippen LogP contribution in [0.25, 0.3) is 0 Å². The number of hydrogen-bond donors (Lipinski definition) is 0. The molecule has 3 aromatic rings. The number of aryl methyl sites for hydroxylation is 1. The molecule has 0 N–H and O–H groups in total. The SMILES string of the molecule is Cc1ccccc1OCc1nc(CCN(C)S(=O)(=O)c2ccc(Br)cc2)no1. The van der Waals surface area contributed by atoms with Crippen LogP contribution in [0.4, 0.5) is 0 Å². The Hall–Kier alpha value is -2.23. The monoisotopic (exact) mass is 465 g/mol. The summed E-state index contributed by atoms with van der Waals surface area (Å²) < 4.78 is 38.1. The summed E-state index contributed by atoms with van der Waals surface area (Å²) >= 11 is 3.30. The summed E-state index contributed by atoms with van der Waals surface area (Å²) in [7, 11) is -2.04. The largest absolute Gasteiger partial charge is 0.483 e. The molecule has 148 valence electrons. The van der Waals surface area contributed by atoms with Gasteiger partial charge >= 0.3 is 0 Å². The molecule has 0 saturated carbocycles. The minimum Gasteiger partial charge on any atom is -0.483 e. The second kappa shape index (κ2) is 8.85. The Morgan fingerprint density at radius 3 is 2.57 bits per heavy atom. The van der Waals surface area contributed by atoms with Gasteiger partial charge in [0.1, 0.15) is 5.75 Å². The van der Waals surface area contributed by atoms with Crippen molar-refractivity contribution in [3.8, 4) is 5.75 Å². The summed E-state index contributed by atoms with van der Waals surface area (Å²) in [6.07, 6.45) is 0.333. The fourth-order valence-corrected chi connectivity index (χ4v) is 3.91. The first-order valence-corrected chi connectivity index (χ1v) is 10.8. The molecule has 7 nitrogen and oxygen atoms in total. The van der Waals surface area contributed by atoms with Gasteiger partial charge in [0.05, 0.1) is 4.90 Å². The molecule has 2 aromatic carbocycles. The fraction of sp³-hybridized carbons (Fsp3) is 0.263. The Balaban J connectivity index is 1.56. The molecule has 0 aliphatic rings. The first-order valence-electron chi connectivity index (χ1n) is 8.58. The number of nitrogens with zero attached hydrogens (tertiary/aromatic N) is 3. The van der Waals surface area contributed by atoms with Crippen LogP contribution in [0, 0.1) is 6.92 Å². The second-order valence-corrected chi connectivity index (χ2v) is 9.15. The molecule has 0 atom stereocenters. The first-order chi connectivity index (χ1) is 13.4. The van der Waals surface area contributed by atoms with Crippen molar-refractivity contribution in [2.75, 3.05) is 13.6 Å². The minimum absolute atomic E-state index is 0.158. The van der Waals surface area contributed by atoms with Crippen molar-refractivity contribution in [1.82, 2.24) is 14.4 Å². The van der Waals surface area contributed by atoms with E-state index in [1.807, 2.05) is 31.2 Å². The van der Waals surface area contributed by atoms with E-state index in [0.29, 0.717) is 18.1 Å². The number of rotatable bonds is 8. The zero-order valence-electron chi connectivity index (χ0n) is 15.5. The third-order valence-electron chi connectivity index (χ3n) is 4.13. The summed E-state index contributed by atoms with van der Waals surface area (Å²) in [5, 5.41) is 3.90. The smallest absolute Gasteiger partial charge is 0.264 e. The maximum Gasteiger partial charge on any atom is 0.264 e. The molecule has 0 fully saturated rings. The number of ether oxygens (including phenoxy) is 1. The lowest BCUT2D eigenvalue weighted by Crippen LogP contribution is -2.29. The molecule has 0 unspecified atom stereocenters. The molecule has 1 heterocycles. The molecule has 0 amide bonds. The van der Waals surface area contributed by atoms with Gasteiger partial charge < -0.3 is 9.26 Å². The van der Waals surface area contributed by atoms with Gasteiger partial charge in [-0.15, -0.1) is 0 Å². The molecule has 0 spiro atoms. The molecule has 0 aliphatic heterocycles. The zero-order valence-corrected chi connectivity index (χ0v) is 17.9. The Bertz CT molecular complexity index is 1040. The quantitative estimate of drug-likeness (QED) is 0.505. The molecule has 3 rings (SSSR count). The predicted octanol–water partition coefficient (Wildman–Crippen LogP) is 3.58. The number of benzene rings is 2. The highest BCUT2D eigenvalue weighted by Crippen LogP contribution is 2.19. The van der Waals surface area contributed by atoms with Crippen LogP contribution in [-0.2, 0) is 23.1 Å². The van der Waals surface area contributed by atoms with E-state index in [1.165, 1.54) is 11.4 Å². The van der Waals surface area contributed by atoms with Crippen LogP contribution in [0.5, 0.6) is 5.75 Å². The van der Waals surface area contributed by atoms with Gasteiger partial charge in [0.15, 0.2) is 12.4 Å². The van der Waals surface area contributed by atoms with Gasteiger partial charge in [0, 0.05) is 24.5 Å². The van der Waals surface area contributed by atoms with Crippen LogP contribution in [0.2, 0.25) is 0 Å². The zero-order chi connectivity index (χ0) is 20.1. The lowest BCUT2D eigenvalue weighted by molar-refractivity contribution is 0.241. The number of aromatic nitrogens is 2. The van der Waals surface area contributed by atoms with Gasteiger partial charge in [-0.1, -0.05) is 39.3 Å². The van der Waals surface area contributed by atoms with E-state index < -0.39 is 10.0 Å². The number of para-hydroxylation sites is 1. The van der Waals surface area contributed by atoms with Crippen LogP contribution >= 0.6 is 15.9 Å². The summed E-state index contributed by atoms with van der Waals surface area (Å²) in [4.78, 5) is 4.50. The molecule has 9 heteroatoms. The van der Waals surface area contributed by atoms with E-state index in [1.54, 1.807) is 24.3 Å². The van der Waals surface area contributed by atoms with Gasteiger partial charge in [-0.25, -0.2) is 12.7 Å². The van der Waals surface area contributed by atoms with Gasteiger partial charge in [-0.3, -0.25) is 0 Å². The Morgan fingerprint density at radius 2 is 1.86 bits per heavy atom. The number of likely N-dealkylation sites (N-methyl/N-ethyl adjacent to an activating group) is 1. The van der Waals surface area contributed by atoms with Crippen LogP contribution in [0.3, 0.4) is 0 Å². The molecular formula is C19H20BrN3O4S. The Kier molecular flexibility index (Phi) is 6.48. The lowest BCUT2D eigenvalue weighted by atomic mass is 10.2. The normalized spacial score (nSPS) is 11.7. The highest BCUT2D eigenvalue weighted by Gasteiger charge is 2.21. The molecule has 0 aliphatic carbocycles. The third kappa shape index (κ3) is 4.98. The molecule has 0 bridgehead atoms. The van der Waals surface area contributed by atoms with Crippen LogP contribution in [0.1, 0.15) is 17.3 Å². The third-order valence-corrected chi connectivity index (χ3v) is 6.53. The van der Waals surface area contributed by atoms with Gasteiger partial charge in [-0.05, 0) is 42.8 Å². The van der Waals surface area contributed by atoms with Crippen molar-refractivity contribution in [2.24, 2.45) is 0 Å². The molecule has 28 heavy (non-hydrogen) atoms. The second-order valence-electron chi connectivity index (χ2n) is 6.19. The van der Waals surface area contributed by atoms with E-state index in [9.17, 15) is 8.42 Å². The Morgan fingerprint density at radius 1 is 1.14 bits per heavy atom. The van der Waals surface area contributed by atoms with E-state index in [2.05, 4.69) is 26.1 Å². The summed E-state index contributed by atoms with van der Waals surface area (Å²) in [5.41, 5.74) is 1.02. The maximum absolute atomic E-state index is 12.6. The first kappa shape index (κ1) is 20.5. The Labute approximate surface area is 172 Å². The van der Waals surface area contributed by atoms with Crippen LogP contribution in [-0.4, -0.2) is 36.5 Å². The van der Waals surface area contributed by atoms with Gasteiger partial charge in [0.25, 0.3) is 5.89 Å². The molecular weight excluding hydrogens is 446 g/mol. The van der Waals surface area contributed by atoms with Gasteiger partial charge in [-0.2, -0.15) is 4.98 Å². The van der Waals surface area contributed by atoms with Crippen molar-refractivity contribution >= 4 is 26.0 Å². The van der Waals surface area contributed by atoms with Crippen LogP contribution in [0.15, 0.2) is 62.4 Å². The van der Waals surface area contributed by atoms with Gasteiger partial charge in [0.2, 0.25) is 10.0 Å². The average Bonchev–Trinajstić information content (AvgIpc) is 3.13. The predicted molar refractivity (Wildman–Crippen MR) is 107 cm³/mol. The van der Waals surface area contributed by atoms with Crippen molar-refractivity contribution in [3.05, 3.63) is 70.3 Å². The van der Waals surface area contributed by atoms with E-state index in [4.69, 9.17) is 9.26 Å². The summed E-state index contributed by atoms with van der Waals surface area (Å²) in [5.74, 6) is 1.53. The standard InChI is InChI=1S/C19H20BrN3O4S/c1-14-5-3-4-6-17(14)26-13-19-21-18(22-27-19)11-12-23(2)28(24,25)16-9-7-15(20)8-10-16/h3-10H,11-13H2,1-2H3. The molecule has 1 aromatic heterocycles. The highest BCUT2D eigenvalue weighted by atomic mass is 79.9. The minimum atomic E-state index is -3.57. The summed E-state index contributed by atoms with van der Waals surface area (Å²) in [6, 6.07) is 14.2. The van der Waals surface area contributed by atoms with Crippen LogP contribution < -0.4 is 4.74 Å². The summed E-state index contributed by atoms with van der Waals surface area (Å²) in [6.45, 7) is 2.34. The fourth-order valence-electron chi connectivity index (χ4n) is 2.47. The van der Waals surface area contributed by atoms with E-state index in [-0.39, 0.29) is 18.0 Å². The van der Waals surface area contributed by atoms with E-state index >= 15 is 0 Å². The molecule has 0 saturated heterocycles. The average molecular weight is 466 g/mol. The topological polar surface area (TPSA) is 85.5 Å². The number of sulfonamides is 1. The molecule has 0 radical (unpaired) electrons.